The number of carbonyl (C=O) groups excluding carboxylic acids is 4. The van der Waals surface area contributed by atoms with E-state index in [0.29, 0.717) is 18.5 Å². The molecule has 1 unspecified atom stereocenters. The first-order valence-corrected chi connectivity index (χ1v) is 15.9. The number of likely N-dealkylation sites (tertiary alicyclic amines) is 2. The number of benzene rings is 1. The molecule has 2 fully saturated rings. The zero-order chi connectivity index (χ0) is 31.8. The number of amides is 3. The van der Waals surface area contributed by atoms with Gasteiger partial charge in [-0.15, -0.1) is 0 Å². The highest BCUT2D eigenvalue weighted by Crippen LogP contribution is 2.26. The SMILES string of the molecule is C/C(=C\[C@H](C(C)C)N(C)C(=O)[C@@H](NC(=O)[C@H]1CCCCN1C)C(C)C)C(=O)N1CCC[C@H]1C(=O)OC(C)c1ccccc1. The van der Waals surface area contributed by atoms with E-state index in [1.807, 2.05) is 78.1 Å². The summed E-state index contributed by atoms with van der Waals surface area (Å²) in [5.41, 5.74) is 1.38. The van der Waals surface area contributed by atoms with Crippen LogP contribution in [-0.2, 0) is 23.9 Å². The summed E-state index contributed by atoms with van der Waals surface area (Å²) in [4.78, 5) is 59.1. The van der Waals surface area contributed by atoms with Crippen molar-refractivity contribution in [1.82, 2.24) is 20.0 Å². The van der Waals surface area contributed by atoms with Crippen LogP contribution >= 0.6 is 0 Å². The van der Waals surface area contributed by atoms with E-state index in [2.05, 4.69) is 10.2 Å². The molecular weight excluding hydrogens is 544 g/mol. The molecule has 9 heteroatoms. The fourth-order valence-electron chi connectivity index (χ4n) is 6.14. The monoisotopic (exact) mass is 596 g/mol. The molecule has 2 aliphatic rings. The van der Waals surface area contributed by atoms with Crippen molar-refractivity contribution in [1.29, 1.82) is 0 Å². The largest absolute Gasteiger partial charge is 0.456 e. The Balaban J connectivity index is 1.72. The van der Waals surface area contributed by atoms with E-state index in [0.717, 1.165) is 37.8 Å². The number of nitrogens with one attached hydrogen (secondary N) is 1. The third kappa shape index (κ3) is 8.68. The lowest BCUT2D eigenvalue weighted by Gasteiger charge is -2.36. The maximum Gasteiger partial charge on any atom is 0.329 e. The van der Waals surface area contributed by atoms with Crippen molar-refractivity contribution in [2.75, 3.05) is 27.2 Å². The third-order valence-corrected chi connectivity index (χ3v) is 8.89. The van der Waals surface area contributed by atoms with Crippen LogP contribution in [0.25, 0.3) is 0 Å². The van der Waals surface area contributed by atoms with Crippen molar-refractivity contribution in [3.63, 3.8) is 0 Å². The Morgan fingerprint density at radius 1 is 0.930 bits per heavy atom. The summed E-state index contributed by atoms with van der Waals surface area (Å²) < 4.78 is 5.76. The van der Waals surface area contributed by atoms with Gasteiger partial charge in [-0.25, -0.2) is 4.79 Å². The van der Waals surface area contributed by atoms with Gasteiger partial charge in [-0.1, -0.05) is 70.5 Å². The quantitative estimate of drug-likeness (QED) is 0.302. The van der Waals surface area contributed by atoms with Gasteiger partial charge in [-0.3, -0.25) is 19.3 Å². The summed E-state index contributed by atoms with van der Waals surface area (Å²) in [6.07, 6.45) is 5.53. The molecule has 0 aromatic heterocycles. The van der Waals surface area contributed by atoms with Crippen LogP contribution in [0, 0.1) is 11.8 Å². The zero-order valence-electron chi connectivity index (χ0n) is 27.3. The van der Waals surface area contributed by atoms with Crippen LogP contribution in [0.15, 0.2) is 42.0 Å². The van der Waals surface area contributed by atoms with Crippen molar-refractivity contribution in [3.8, 4) is 0 Å². The van der Waals surface area contributed by atoms with Gasteiger partial charge < -0.3 is 19.9 Å². The summed E-state index contributed by atoms with van der Waals surface area (Å²) >= 11 is 0. The van der Waals surface area contributed by atoms with Gasteiger partial charge in [-0.2, -0.15) is 0 Å². The van der Waals surface area contributed by atoms with Crippen LogP contribution in [0.2, 0.25) is 0 Å². The number of piperidine rings is 1. The molecule has 2 aliphatic heterocycles. The molecule has 9 nitrogen and oxygen atoms in total. The molecular formula is C34H52N4O5. The maximum atomic E-state index is 13.8. The number of nitrogens with zero attached hydrogens (tertiary/aromatic N) is 3. The molecule has 238 valence electrons. The van der Waals surface area contributed by atoms with Crippen LogP contribution in [0.3, 0.4) is 0 Å². The minimum absolute atomic E-state index is 0.00996. The second-order valence-corrected chi connectivity index (χ2v) is 12.9. The molecule has 0 bridgehead atoms. The van der Waals surface area contributed by atoms with E-state index in [4.69, 9.17) is 4.74 Å². The van der Waals surface area contributed by atoms with E-state index in [-0.39, 0.29) is 41.6 Å². The molecule has 3 amide bonds. The Hall–Kier alpha value is -3.20. The summed E-state index contributed by atoms with van der Waals surface area (Å²) in [5, 5.41) is 3.04. The number of hydrogen-bond donors (Lipinski definition) is 1. The first kappa shape index (κ1) is 34.3. The van der Waals surface area contributed by atoms with Crippen LogP contribution in [0.4, 0.5) is 0 Å². The van der Waals surface area contributed by atoms with Crippen LogP contribution in [0.1, 0.15) is 85.3 Å². The molecule has 2 saturated heterocycles. The Bertz CT molecular complexity index is 1150. The first-order valence-electron chi connectivity index (χ1n) is 15.9. The standard InChI is InChI=1S/C34H52N4O5/c1-22(2)29(37(8)33(41)30(23(3)4)35-31(39)27-17-12-13-19-36(27)7)21-24(5)32(40)38-20-14-18-28(38)34(42)43-25(6)26-15-10-9-11-16-26/h9-11,15-16,21-23,25,27-30H,12-14,17-20H2,1-8H3,(H,35,39)/b24-21+/t25?,27-,28+,29-,30+/m1/s1. The number of esters is 1. The Morgan fingerprint density at radius 2 is 1.58 bits per heavy atom. The normalized spacial score (nSPS) is 21.8. The third-order valence-electron chi connectivity index (χ3n) is 8.89. The molecule has 0 spiro atoms. The number of rotatable bonds is 11. The lowest BCUT2D eigenvalue weighted by Crippen LogP contribution is -2.57. The molecule has 0 saturated carbocycles. The minimum atomic E-state index is -0.678. The second kappa shape index (κ2) is 15.5. The van der Waals surface area contributed by atoms with Crippen molar-refractivity contribution in [3.05, 3.63) is 47.5 Å². The van der Waals surface area contributed by atoms with Crippen LogP contribution < -0.4 is 5.32 Å². The van der Waals surface area contributed by atoms with Gasteiger partial charge in [0, 0.05) is 19.2 Å². The molecule has 1 aromatic rings. The van der Waals surface area contributed by atoms with Gasteiger partial charge >= 0.3 is 5.97 Å². The number of likely N-dealkylation sites (N-methyl/N-ethyl adjacent to an activating group) is 2. The van der Waals surface area contributed by atoms with Gasteiger partial charge in [0.05, 0.1) is 12.1 Å². The van der Waals surface area contributed by atoms with Gasteiger partial charge in [-0.05, 0) is 70.5 Å². The highest BCUT2D eigenvalue weighted by atomic mass is 16.5. The highest BCUT2D eigenvalue weighted by Gasteiger charge is 2.38. The minimum Gasteiger partial charge on any atom is -0.456 e. The summed E-state index contributed by atoms with van der Waals surface area (Å²) in [5.74, 6) is -1.03. The second-order valence-electron chi connectivity index (χ2n) is 12.9. The average Bonchev–Trinajstić information content (AvgIpc) is 3.48. The van der Waals surface area contributed by atoms with E-state index < -0.39 is 24.2 Å². The predicted molar refractivity (Wildman–Crippen MR) is 168 cm³/mol. The van der Waals surface area contributed by atoms with Gasteiger partial charge in [0.25, 0.3) is 0 Å². The predicted octanol–water partition coefficient (Wildman–Crippen LogP) is 4.34. The topological polar surface area (TPSA) is 99.3 Å². The van der Waals surface area contributed by atoms with E-state index in [1.54, 1.807) is 23.8 Å². The number of carbonyl (C=O) groups is 4. The molecule has 2 heterocycles. The van der Waals surface area contributed by atoms with E-state index in [9.17, 15) is 19.2 Å². The lowest BCUT2D eigenvalue weighted by molar-refractivity contribution is -0.156. The lowest BCUT2D eigenvalue weighted by atomic mass is 9.96. The fraction of sp³-hybridized carbons (Fsp3) is 0.647. The van der Waals surface area contributed by atoms with Crippen LogP contribution in [-0.4, -0.2) is 89.7 Å². The molecule has 43 heavy (non-hydrogen) atoms. The number of hydrogen-bond acceptors (Lipinski definition) is 6. The molecule has 0 aliphatic carbocycles. The summed E-state index contributed by atoms with van der Waals surface area (Å²) in [7, 11) is 3.69. The Kier molecular flexibility index (Phi) is 12.4. The van der Waals surface area contributed by atoms with Crippen molar-refractivity contribution < 1.29 is 23.9 Å². The van der Waals surface area contributed by atoms with E-state index in [1.165, 1.54) is 0 Å². The van der Waals surface area contributed by atoms with Crippen molar-refractivity contribution in [2.24, 2.45) is 11.8 Å². The zero-order valence-corrected chi connectivity index (χ0v) is 27.3. The summed E-state index contributed by atoms with van der Waals surface area (Å²) in [6.45, 7) is 12.8. The van der Waals surface area contributed by atoms with Crippen LogP contribution in [0.5, 0.6) is 0 Å². The molecule has 0 radical (unpaired) electrons. The van der Waals surface area contributed by atoms with Gasteiger partial charge in [0.1, 0.15) is 18.2 Å². The first-order chi connectivity index (χ1) is 20.3. The fourth-order valence-corrected chi connectivity index (χ4v) is 6.14. The highest BCUT2D eigenvalue weighted by molar-refractivity contribution is 5.96. The van der Waals surface area contributed by atoms with Crippen molar-refractivity contribution in [2.45, 2.75) is 104 Å². The summed E-state index contributed by atoms with van der Waals surface area (Å²) in [6, 6.07) is 7.61. The van der Waals surface area contributed by atoms with Crippen molar-refractivity contribution >= 4 is 23.7 Å². The Morgan fingerprint density at radius 3 is 2.19 bits per heavy atom. The van der Waals surface area contributed by atoms with Gasteiger partial charge in [0.15, 0.2) is 0 Å². The molecule has 5 atom stereocenters. The van der Waals surface area contributed by atoms with E-state index >= 15 is 0 Å². The van der Waals surface area contributed by atoms with Gasteiger partial charge in [0.2, 0.25) is 17.7 Å². The molecule has 3 rings (SSSR count). The molecule has 1 N–H and O–H groups in total. The maximum absolute atomic E-state index is 13.8. The smallest absolute Gasteiger partial charge is 0.329 e. The average molecular weight is 597 g/mol. The Labute approximate surface area is 258 Å². The molecule has 1 aromatic carbocycles. The number of ether oxygens (including phenoxy) is 1.